The van der Waals surface area contributed by atoms with Crippen molar-refractivity contribution < 1.29 is 23.8 Å². The summed E-state index contributed by atoms with van der Waals surface area (Å²) in [5, 5.41) is 4.19. The second-order valence-corrected chi connectivity index (χ2v) is 13.2. The Hall–Kier alpha value is -2.71. The molecule has 2 aromatic rings. The van der Waals surface area contributed by atoms with Gasteiger partial charge in [-0.1, -0.05) is 6.07 Å². The SMILES string of the molecule is COCCOc1cc(C(=O)N(C(C)C)[C@@H]2CCCNC2)nc2c(OCC(=O)C34CC5CC(CC(C5)C3)C4)cccc12. The number of amides is 1. The summed E-state index contributed by atoms with van der Waals surface area (Å²) in [6.07, 6.45) is 8.95. The smallest absolute Gasteiger partial charge is 0.273 e. The quantitative estimate of drug-likeness (QED) is 0.384. The van der Waals surface area contributed by atoms with E-state index in [4.69, 9.17) is 19.2 Å². The Balaban J connectivity index is 1.29. The number of benzene rings is 1. The Morgan fingerprint density at radius 3 is 2.41 bits per heavy atom. The van der Waals surface area contributed by atoms with E-state index in [0.717, 1.165) is 50.6 Å². The molecule has 2 heterocycles. The molecule has 1 aromatic carbocycles. The highest BCUT2D eigenvalue weighted by molar-refractivity contribution is 5.99. The van der Waals surface area contributed by atoms with Gasteiger partial charge in [-0.2, -0.15) is 0 Å². The third-order valence-electron chi connectivity index (χ3n) is 9.97. The van der Waals surface area contributed by atoms with Crippen molar-refractivity contribution in [2.24, 2.45) is 23.2 Å². The Bertz CT molecular complexity index is 1240. The number of methoxy groups -OCH3 is 1. The minimum Gasteiger partial charge on any atom is -0.490 e. The van der Waals surface area contributed by atoms with Gasteiger partial charge in [-0.05, 0) is 102 Å². The lowest BCUT2D eigenvalue weighted by atomic mass is 9.48. The Kier molecular flexibility index (Phi) is 8.23. The molecule has 4 bridgehead atoms. The fraction of sp³-hybridized carbons (Fsp3) is 0.667. The predicted octanol–water partition coefficient (Wildman–Crippen LogP) is 5.03. The van der Waals surface area contributed by atoms with Gasteiger partial charge < -0.3 is 24.4 Å². The third-order valence-corrected chi connectivity index (χ3v) is 9.97. The second kappa shape index (κ2) is 11.9. The van der Waals surface area contributed by atoms with Crippen LogP contribution in [0, 0.1) is 23.2 Å². The zero-order valence-corrected chi connectivity index (χ0v) is 24.8. The number of hydrogen-bond acceptors (Lipinski definition) is 7. The number of carbonyl (C=O) groups is 2. The van der Waals surface area contributed by atoms with Gasteiger partial charge in [0.15, 0.2) is 5.78 Å². The fourth-order valence-electron chi connectivity index (χ4n) is 8.55. The molecule has 0 radical (unpaired) electrons. The summed E-state index contributed by atoms with van der Waals surface area (Å²) < 4.78 is 17.6. The van der Waals surface area contributed by atoms with Crippen molar-refractivity contribution in [2.45, 2.75) is 77.3 Å². The first-order valence-corrected chi connectivity index (χ1v) is 15.6. The molecular weight excluding hydrogens is 518 g/mol. The second-order valence-electron chi connectivity index (χ2n) is 13.2. The standard InChI is InChI=1S/C33H45N3O5/c1-21(2)36(25-6-5-9-34-19-25)32(38)27-15-29(40-11-10-39-3)26-7-4-8-28(31(26)35-27)41-20-30(37)33-16-22-12-23(17-33)14-24(13-22)18-33/h4,7-8,15,21-25,34H,5-6,9-14,16-20H2,1-3H3/t22?,23?,24?,25-,33?/m1/s1. The maximum Gasteiger partial charge on any atom is 0.273 e. The summed E-state index contributed by atoms with van der Waals surface area (Å²) in [6.45, 7) is 6.66. The van der Waals surface area contributed by atoms with E-state index in [1.165, 1.54) is 19.3 Å². The van der Waals surface area contributed by atoms with Crippen LogP contribution in [0.25, 0.3) is 10.9 Å². The number of fused-ring (bicyclic) bond motifs is 1. The molecule has 41 heavy (non-hydrogen) atoms. The lowest BCUT2D eigenvalue weighted by molar-refractivity contribution is -0.145. The van der Waals surface area contributed by atoms with Gasteiger partial charge in [0.05, 0.1) is 6.61 Å². The summed E-state index contributed by atoms with van der Waals surface area (Å²) in [5.74, 6) is 3.30. The molecule has 1 N–H and O–H groups in total. The Morgan fingerprint density at radius 1 is 1.05 bits per heavy atom. The largest absolute Gasteiger partial charge is 0.490 e. The van der Waals surface area contributed by atoms with Crippen LogP contribution in [0.15, 0.2) is 24.3 Å². The first-order chi connectivity index (χ1) is 19.9. The van der Waals surface area contributed by atoms with Gasteiger partial charge in [0, 0.05) is 42.6 Å². The number of ether oxygens (including phenoxy) is 3. The molecule has 4 saturated carbocycles. The molecule has 0 spiro atoms. The zero-order valence-electron chi connectivity index (χ0n) is 24.8. The molecular formula is C33H45N3O5. The number of rotatable bonds is 11. The molecule has 1 saturated heterocycles. The third kappa shape index (κ3) is 5.70. The van der Waals surface area contributed by atoms with E-state index in [9.17, 15) is 9.59 Å². The number of piperidine rings is 1. The van der Waals surface area contributed by atoms with Crippen LogP contribution in [0.1, 0.15) is 75.7 Å². The van der Waals surface area contributed by atoms with Crippen molar-refractivity contribution in [3.8, 4) is 11.5 Å². The normalized spacial score (nSPS) is 28.7. The van der Waals surface area contributed by atoms with Crippen molar-refractivity contribution in [1.29, 1.82) is 0 Å². The van der Waals surface area contributed by atoms with Crippen LogP contribution >= 0.6 is 0 Å². The van der Waals surface area contributed by atoms with Gasteiger partial charge in [-0.15, -0.1) is 0 Å². The van der Waals surface area contributed by atoms with Gasteiger partial charge in [0.1, 0.15) is 35.9 Å². The number of Topliss-reactive ketones (excluding diaryl/α,β-unsaturated/α-hetero) is 1. The van der Waals surface area contributed by atoms with Gasteiger partial charge in [-0.3, -0.25) is 9.59 Å². The highest BCUT2D eigenvalue weighted by atomic mass is 16.5. The van der Waals surface area contributed by atoms with Crippen molar-refractivity contribution in [2.75, 3.05) is 40.0 Å². The van der Waals surface area contributed by atoms with E-state index in [-0.39, 0.29) is 35.8 Å². The van der Waals surface area contributed by atoms with Crippen LogP contribution in [0.5, 0.6) is 11.5 Å². The first kappa shape index (κ1) is 28.4. The summed E-state index contributed by atoms with van der Waals surface area (Å²) in [7, 11) is 1.63. The summed E-state index contributed by atoms with van der Waals surface area (Å²) >= 11 is 0. The highest BCUT2D eigenvalue weighted by Crippen LogP contribution is 2.60. The molecule has 5 fully saturated rings. The van der Waals surface area contributed by atoms with E-state index in [1.807, 2.05) is 36.9 Å². The lowest BCUT2D eigenvalue weighted by Crippen LogP contribution is -2.51. The molecule has 4 aliphatic carbocycles. The summed E-state index contributed by atoms with van der Waals surface area (Å²) in [5.41, 5.74) is 0.663. The van der Waals surface area contributed by atoms with E-state index in [0.29, 0.717) is 53.7 Å². The van der Waals surface area contributed by atoms with Gasteiger partial charge in [-0.25, -0.2) is 4.98 Å². The van der Waals surface area contributed by atoms with Crippen molar-refractivity contribution in [1.82, 2.24) is 15.2 Å². The number of nitrogens with one attached hydrogen (secondary N) is 1. The minimum absolute atomic E-state index is 0.0205. The maximum atomic E-state index is 14.0. The molecule has 1 aromatic heterocycles. The van der Waals surface area contributed by atoms with Gasteiger partial charge in [0.2, 0.25) is 0 Å². The van der Waals surface area contributed by atoms with Crippen LogP contribution in [0.3, 0.4) is 0 Å². The Labute approximate surface area is 243 Å². The summed E-state index contributed by atoms with van der Waals surface area (Å²) in [4.78, 5) is 34.5. The van der Waals surface area contributed by atoms with E-state index in [2.05, 4.69) is 5.32 Å². The van der Waals surface area contributed by atoms with Gasteiger partial charge in [0.25, 0.3) is 5.91 Å². The van der Waals surface area contributed by atoms with Crippen LogP contribution < -0.4 is 14.8 Å². The van der Waals surface area contributed by atoms with Crippen molar-refractivity contribution in [3.05, 3.63) is 30.0 Å². The van der Waals surface area contributed by atoms with Gasteiger partial charge >= 0.3 is 0 Å². The van der Waals surface area contributed by atoms with E-state index < -0.39 is 0 Å². The predicted molar refractivity (Wildman–Crippen MR) is 157 cm³/mol. The van der Waals surface area contributed by atoms with E-state index in [1.54, 1.807) is 13.2 Å². The number of ketones is 1. The molecule has 7 rings (SSSR count). The minimum atomic E-state index is -0.214. The van der Waals surface area contributed by atoms with E-state index >= 15 is 0 Å². The zero-order chi connectivity index (χ0) is 28.6. The first-order valence-electron chi connectivity index (χ1n) is 15.6. The van der Waals surface area contributed by atoms with Crippen LogP contribution in [0.4, 0.5) is 0 Å². The number of para-hydroxylation sites is 1. The molecule has 1 amide bonds. The molecule has 222 valence electrons. The average Bonchev–Trinajstić information content (AvgIpc) is 2.95. The number of hydrogen-bond donors (Lipinski definition) is 1. The number of carbonyl (C=O) groups excluding carboxylic acids is 2. The molecule has 5 aliphatic rings. The van der Waals surface area contributed by atoms with Crippen LogP contribution in [0.2, 0.25) is 0 Å². The molecule has 8 nitrogen and oxygen atoms in total. The fourth-order valence-corrected chi connectivity index (χ4v) is 8.55. The summed E-state index contributed by atoms with van der Waals surface area (Å²) in [6, 6.07) is 7.55. The van der Waals surface area contributed by atoms with Crippen molar-refractivity contribution >= 4 is 22.6 Å². The average molecular weight is 564 g/mol. The molecule has 0 unspecified atom stereocenters. The molecule has 1 aliphatic heterocycles. The molecule has 8 heteroatoms. The molecule has 1 atom stereocenters. The number of aromatic nitrogens is 1. The highest BCUT2D eigenvalue weighted by Gasteiger charge is 2.54. The van der Waals surface area contributed by atoms with Crippen LogP contribution in [-0.2, 0) is 9.53 Å². The monoisotopic (exact) mass is 563 g/mol. The topological polar surface area (TPSA) is 90.0 Å². The number of nitrogens with zero attached hydrogens (tertiary/aromatic N) is 2. The van der Waals surface area contributed by atoms with Crippen LogP contribution in [-0.4, -0.2) is 73.7 Å². The maximum absolute atomic E-state index is 14.0. The lowest BCUT2D eigenvalue weighted by Gasteiger charge is -2.55. The number of pyridine rings is 1. The van der Waals surface area contributed by atoms with Crippen molar-refractivity contribution in [3.63, 3.8) is 0 Å². The Morgan fingerprint density at radius 2 is 1.78 bits per heavy atom.